The molecule has 0 unspecified atom stereocenters. The standard InChI is InChI=1S/C15H15NO4S/c1-19-15-11-12(16(17)18)7-8-14(15)20-9-10-21-13-5-3-2-4-6-13/h2-8,11H,9-10H2,1H3. The molecule has 0 amide bonds. The molecule has 0 N–H and O–H groups in total. The third kappa shape index (κ3) is 4.39. The molecule has 0 saturated heterocycles. The first-order chi connectivity index (χ1) is 10.2. The quantitative estimate of drug-likeness (QED) is 0.337. The summed E-state index contributed by atoms with van der Waals surface area (Å²) < 4.78 is 10.7. The lowest BCUT2D eigenvalue weighted by atomic mass is 10.3. The Morgan fingerprint density at radius 3 is 2.57 bits per heavy atom. The maximum Gasteiger partial charge on any atom is 0.273 e. The lowest BCUT2D eigenvalue weighted by Gasteiger charge is -2.10. The highest BCUT2D eigenvalue weighted by molar-refractivity contribution is 7.99. The zero-order valence-corrected chi connectivity index (χ0v) is 12.3. The molecule has 0 fully saturated rings. The van der Waals surface area contributed by atoms with Gasteiger partial charge in [0, 0.05) is 16.7 Å². The van der Waals surface area contributed by atoms with Crippen LogP contribution in [-0.2, 0) is 0 Å². The van der Waals surface area contributed by atoms with E-state index in [4.69, 9.17) is 9.47 Å². The molecular formula is C15H15NO4S. The molecule has 0 aromatic heterocycles. The Balaban J connectivity index is 1.89. The van der Waals surface area contributed by atoms with E-state index in [0.29, 0.717) is 18.1 Å². The Kier molecular flexibility index (Phi) is 5.45. The van der Waals surface area contributed by atoms with Gasteiger partial charge in [-0.15, -0.1) is 11.8 Å². The van der Waals surface area contributed by atoms with E-state index in [9.17, 15) is 10.1 Å². The Bertz CT molecular complexity index is 604. The van der Waals surface area contributed by atoms with Crippen molar-refractivity contribution in [1.29, 1.82) is 0 Å². The van der Waals surface area contributed by atoms with Crippen molar-refractivity contribution in [3.05, 3.63) is 58.6 Å². The monoisotopic (exact) mass is 305 g/mol. The SMILES string of the molecule is COc1cc([N+](=O)[O-])ccc1OCCSc1ccccc1. The maximum absolute atomic E-state index is 10.7. The molecule has 0 spiro atoms. The van der Waals surface area contributed by atoms with Crippen LogP contribution in [0.15, 0.2) is 53.4 Å². The summed E-state index contributed by atoms with van der Waals surface area (Å²) in [5, 5.41) is 10.7. The Labute approximate surface area is 127 Å². The molecule has 0 bridgehead atoms. The fourth-order valence-corrected chi connectivity index (χ4v) is 2.47. The van der Waals surface area contributed by atoms with E-state index >= 15 is 0 Å². The van der Waals surface area contributed by atoms with E-state index in [-0.39, 0.29) is 5.69 Å². The van der Waals surface area contributed by atoms with E-state index in [1.54, 1.807) is 17.8 Å². The second kappa shape index (κ2) is 7.54. The maximum atomic E-state index is 10.7. The molecule has 21 heavy (non-hydrogen) atoms. The normalized spacial score (nSPS) is 10.1. The van der Waals surface area contributed by atoms with Crippen LogP contribution in [0.1, 0.15) is 0 Å². The predicted molar refractivity (Wildman–Crippen MR) is 82.3 cm³/mol. The highest BCUT2D eigenvalue weighted by Crippen LogP contribution is 2.31. The number of thioether (sulfide) groups is 1. The van der Waals surface area contributed by atoms with Crippen LogP contribution in [0.4, 0.5) is 5.69 Å². The average Bonchev–Trinajstić information content (AvgIpc) is 2.52. The van der Waals surface area contributed by atoms with Crippen molar-refractivity contribution in [1.82, 2.24) is 0 Å². The van der Waals surface area contributed by atoms with Gasteiger partial charge in [0.05, 0.1) is 24.7 Å². The highest BCUT2D eigenvalue weighted by atomic mass is 32.2. The number of nitro groups is 1. The summed E-state index contributed by atoms with van der Waals surface area (Å²) in [6, 6.07) is 14.4. The predicted octanol–water partition coefficient (Wildman–Crippen LogP) is 3.77. The molecule has 2 rings (SSSR count). The van der Waals surface area contributed by atoms with Gasteiger partial charge < -0.3 is 9.47 Å². The van der Waals surface area contributed by atoms with Crippen LogP contribution in [0.5, 0.6) is 11.5 Å². The van der Waals surface area contributed by atoms with Crippen molar-refractivity contribution in [2.24, 2.45) is 0 Å². The van der Waals surface area contributed by atoms with Gasteiger partial charge in [-0.3, -0.25) is 10.1 Å². The van der Waals surface area contributed by atoms with Gasteiger partial charge in [-0.2, -0.15) is 0 Å². The second-order valence-corrected chi connectivity index (χ2v) is 5.27. The summed E-state index contributed by atoms with van der Waals surface area (Å²) in [5.41, 5.74) is -0.0159. The Morgan fingerprint density at radius 1 is 1.14 bits per heavy atom. The first kappa shape index (κ1) is 15.2. The Hall–Kier alpha value is -2.21. The fourth-order valence-electron chi connectivity index (χ4n) is 1.72. The van der Waals surface area contributed by atoms with Gasteiger partial charge in [0.15, 0.2) is 11.5 Å². The summed E-state index contributed by atoms with van der Waals surface area (Å²) in [6.07, 6.45) is 0. The number of nitrogens with zero attached hydrogens (tertiary/aromatic N) is 1. The second-order valence-electron chi connectivity index (χ2n) is 4.10. The summed E-state index contributed by atoms with van der Waals surface area (Å²) >= 11 is 1.69. The number of nitro benzene ring substituents is 1. The molecule has 0 saturated carbocycles. The number of ether oxygens (including phenoxy) is 2. The van der Waals surface area contributed by atoms with Gasteiger partial charge in [0.1, 0.15) is 0 Å². The molecule has 2 aromatic carbocycles. The minimum Gasteiger partial charge on any atom is -0.493 e. The molecular weight excluding hydrogens is 290 g/mol. The zero-order chi connectivity index (χ0) is 15.1. The topological polar surface area (TPSA) is 61.6 Å². The van der Waals surface area contributed by atoms with Gasteiger partial charge in [-0.05, 0) is 18.2 Å². The highest BCUT2D eigenvalue weighted by Gasteiger charge is 2.12. The zero-order valence-electron chi connectivity index (χ0n) is 11.5. The van der Waals surface area contributed by atoms with Crippen molar-refractivity contribution in [2.75, 3.05) is 19.5 Å². The van der Waals surface area contributed by atoms with Crippen LogP contribution < -0.4 is 9.47 Å². The fraction of sp³-hybridized carbons (Fsp3) is 0.200. The summed E-state index contributed by atoms with van der Waals surface area (Å²) in [6.45, 7) is 0.494. The van der Waals surface area contributed by atoms with Crippen molar-refractivity contribution in [3.63, 3.8) is 0 Å². The van der Waals surface area contributed by atoms with E-state index in [0.717, 1.165) is 5.75 Å². The van der Waals surface area contributed by atoms with Crippen molar-refractivity contribution >= 4 is 17.4 Å². The van der Waals surface area contributed by atoms with Crippen molar-refractivity contribution in [3.8, 4) is 11.5 Å². The lowest BCUT2D eigenvalue weighted by Crippen LogP contribution is -2.02. The number of methoxy groups -OCH3 is 1. The minimum absolute atomic E-state index is 0.0159. The molecule has 2 aromatic rings. The molecule has 0 atom stereocenters. The first-order valence-corrected chi connectivity index (χ1v) is 7.32. The average molecular weight is 305 g/mol. The lowest BCUT2D eigenvalue weighted by molar-refractivity contribution is -0.384. The number of hydrogen-bond donors (Lipinski definition) is 0. The first-order valence-electron chi connectivity index (χ1n) is 6.34. The van der Waals surface area contributed by atoms with E-state index < -0.39 is 4.92 Å². The number of hydrogen-bond acceptors (Lipinski definition) is 5. The van der Waals surface area contributed by atoms with E-state index in [1.165, 1.54) is 24.1 Å². The summed E-state index contributed by atoms with van der Waals surface area (Å²) in [7, 11) is 1.46. The van der Waals surface area contributed by atoms with Crippen LogP contribution in [0, 0.1) is 10.1 Å². The van der Waals surface area contributed by atoms with Gasteiger partial charge >= 0.3 is 0 Å². The molecule has 0 aliphatic rings. The molecule has 6 heteroatoms. The Morgan fingerprint density at radius 2 is 1.90 bits per heavy atom. The summed E-state index contributed by atoms with van der Waals surface area (Å²) in [5.74, 6) is 1.66. The molecule has 0 aliphatic heterocycles. The molecule has 0 aliphatic carbocycles. The third-order valence-corrected chi connectivity index (χ3v) is 3.69. The minimum atomic E-state index is -0.461. The van der Waals surface area contributed by atoms with Crippen LogP contribution in [0.25, 0.3) is 0 Å². The van der Waals surface area contributed by atoms with Gasteiger partial charge in [-0.1, -0.05) is 18.2 Å². The van der Waals surface area contributed by atoms with Gasteiger partial charge in [0.25, 0.3) is 5.69 Å². The van der Waals surface area contributed by atoms with Gasteiger partial charge in [0.2, 0.25) is 0 Å². The number of benzene rings is 2. The molecule has 0 radical (unpaired) electrons. The third-order valence-electron chi connectivity index (χ3n) is 2.71. The van der Waals surface area contributed by atoms with E-state index in [2.05, 4.69) is 0 Å². The van der Waals surface area contributed by atoms with Gasteiger partial charge in [-0.25, -0.2) is 0 Å². The molecule has 5 nitrogen and oxygen atoms in total. The smallest absolute Gasteiger partial charge is 0.273 e. The molecule has 110 valence electrons. The van der Waals surface area contributed by atoms with Crippen molar-refractivity contribution < 1.29 is 14.4 Å². The van der Waals surface area contributed by atoms with Crippen molar-refractivity contribution in [2.45, 2.75) is 4.90 Å². The largest absolute Gasteiger partial charge is 0.493 e. The van der Waals surface area contributed by atoms with Crippen LogP contribution in [0.2, 0.25) is 0 Å². The molecule has 0 heterocycles. The van der Waals surface area contributed by atoms with Crippen LogP contribution in [-0.4, -0.2) is 24.4 Å². The van der Waals surface area contributed by atoms with E-state index in [1.807, 2.05) is 30.3 Å². The van der Waals surface area contributed by atoms with Crippen LogP contribution in [0.3, 0.4) is 0 Å². The summed E-state index contributed by atoms with van der Waals surface area (Å²) in [4.78, 5) is 11.4. The number of rotatable bonds is 7. The van der Waals surface area contributed by atoms with Crippen LogP contribution >= 0.6 is 11.8 Å². The number of non-ortho nitro benzene ring substituents is 1.